The van der Waals surface area contributed by atoms with Gasteiger partial charge in [-0.3, -0.25) is 9.69 Å². The van der Waals surface area contributed by atoms with Crippen LogP contribution in [0.15, 0.2) is 0 Å². The molecule has 1 aliphatic heterocycles. The van der Waals surface area contributed by atoms with Gasteiger partial charge in [-0.05, 0) is 80.6 Å². The maximum Gasteiger partial charge on any atom is 0.311 e. The molecule has 1 rings (SSSR count). The molecule has 0 aromatic carbocycles. The Hall–Kier alpha value is -0.570. The predicted octanol–water partition coefficient (Wildman–Crippen LogP) is 4.64. The van der Waals surface area contributed by atoms with E-state index in [1.807, 2.05) is 20.8 Å². The highest BCUT2D eigenvalue weighted by Gasteiger charge is 2.46. The lowest BCUT2D eigenvalue weighted by Crippen LogP contribution is -2.63. The summed E-state index contributed by atoms with van der Waals surface area (Å²) in [7, 11) is 0. The van der Waals surface area contributed by atoms with Crippen molar-refractivity contribution in [1.82, 2.24) is 4.90 Å². The minimum Gasteiger partial charge on any atom is -0.465 e. The number of likely N-dealkylation sites (tertiary alicyclic amines) is 1. The minimum absolute atomic E-state index is 0.0584. The van der Waals surface area contributed by atoms with Gasteiger partial charge in [-0.2, -0.15) is 0 Å². The Balaban J connectivity index is 2.75. The van der Waals surface area contributed by atoms with Crippen LogP contribution >= 0.6 is 0 Å². The molecule has 0 amide bonds. The highest BCUT2D eigenvalue weighted by Crippen LogP contribution is 2.42. The monoisotopic (exact) mass is 311 g/mol. The lowest BCUT2D eigenvalue weighted by molar-refractivity contribution is -0.159. The van der Waals surface area contributed by atoms with Crippen LogP contribution in [0.5, 0.6) is 0 Å². The zero-order chi connectivity index (χ0) is 17.3. The topological polar surface area (TPSA) is 29.5 Å². The fraction of sp³-hybridized carbons (Fsp3) is 0.947. The lowest BCUT2D eigenvalue weighted by atomic mass is 9.73. The smallest absolute Gasteiger partial charge is 0.311 e. The zero-order valence-corrected chi connectivity index (χ0v) is 16.2. The maximum atomic E-state index is 12.2. The van der Waals surface area contributed by atoms with Gasteiger partial charge in [0.15, 0.2) is 0 Å². The van der Waals surface area contributed by atoms with Crippen molar-refractivity contribution < 1.29 is 9.53 Å². The van der Waals surface area contributed by atoms with E-state index in [1.165, 1.54) is 0 Å². The Labute approximate surface area is 137 Å². The Kier molecular flexibility index (Phi) is 5.76. The third kappa shape index (κ3) is 4.24. The molecular formula is C19H37NO2. The average molecular weight is 312 g/mol. The number of hydrogen-bond donors (Lipinski definition) is 0. The number of esters is 1. The molecule has 0 aliphatic carbocycles. The first kappa shape index (κ1) is 19.5. The van der Waals surface area contributed by atoms with Gasteiger partial charge in [-0.15, -0.1) is 0 Å². The van der Waals surface area contributed by atoms with Crippen LogP contribution in [0.1, 0.15) is 81.6 Å². The standard InChI is InChI=1S/C19H37NO2/c1-10-17(4,5)16(21)22-13-15-11-18(6,7)20(14(2)3)19(8,9)12-15/h14-15H,10-13H2,1-9H3. The Bertz CT molecular complexity index is 378. The maximum absolute atomic E-state index is 12.2. The average Bonchev–Trinajstić information content (AvgIpc) is 2.31. The summed E-state index contributed by atoms with van der Waals surface area (Å²) in [5.74, 6) is 0.383. The minimum atomic E-state index is -0.371. The number of carbonyl (C=O) groups excluding carboxylic acids is 1. The van der Waals surface area contributed by atoms with E-state index in [2.05, 4.69) is 46.4 Å². The quantitative estimate of drug-likeness (QED) is 0.693. The van der Waals surface area contributed by atoms with Crippen LogP contribution in [-0.2, 0) is 9.53 Å². The molecule has 0 radical (unpaired) electrons. The lowest BCUT2D eigenvalue weighted by Gasteiger charge is -2.57. The highest BCUT2D eigenvalue weighted by atomic mass is 16.5. The number of carbonyl (C=O) groups is 1. The molecule has 0 bridgehead atoms. The molecule has 0 saturated carbocycles. The van der Waals surface area contributed by atoms with Crippen molar-refractivity contribution in [2.45, 2.75) is 98.7 Å². The van der Waals surface area contributed by atoms with Gasteiger partial charge in [0.2, 0.25) is 0 Å². The number of nitrogens with zero attached hydrogens (tertiary/aromatic N) is 1. The first-order valence-corrected chi connectivity index (χ1v) is 8.80. The normalized spacial score (nSPS) is 22.8. The van der Waals surface area contributed by atoms with Gasteiger partial charge in [-0.1, -0.05) is 6.92 Å². The fourth-order valence-corrected chi connectivity index (χ4v) is 4.55. The largest absolute Gasteiger partial charge is 0.465 e. The molecule has 1 saturated heterocycles. The van der Waals surface area contributed by atoms with Crippen molar-refractivity contribution in [2.75, 3.05) is 6.61 Å². The van der Waals surface area contributed by atoms with Gasteiger partial charge in [0.1, 0.15) is 0 Å². The van der Waals surface area contributed by atoms with Crippen molar-refractivity contribution in [3.05, 3.63) is 0 Å². The van der Waals surface area contributed by atoms with Crippen LogP contribution in [0, 0.1) is 11.3 Å². The Morgan fingerprint density at radius 3 is 2.00 bits per heavy atom. The van der Waals surface area contributed by atoms with Crippen LogP contribution in [0.2, 0.25) is 0 Å². The van der Waals surface area contributed by atoms with Crippen molar-refractivity contribution >= 4 is 5.97 Å². The molecule has 3 heteroatoms. The summed E-state index contributed by atoms with van der Waals surface area (Å²) in [4.78, 5) is 14.8. The fourth-order valence-electron chi connectivity index (χ4n) is 4.55. The van der Waals surface area contributed by atoms with Crippen molar-refractivity contribution in [3.8, 4) is 0 Å². The van der Waals surface area contributed by atoms with Crippen LogP contribution in [-0.4, -0.2) is 34.6 Å². The van der Waals surface area contributed by atoms with E-state index in [-0.39, 0.29) is 22.5 Å². The molecule has 1 fully saturated rings. The summed E-state index contributed by atoms with van der Waals surface area (Å²) >= 11 is 0. The second kappa shape index (κ2) is 6.51. The van der Waals surface area contributed by atoms with E-state index in [4.69, 9.17) is 4.74 Å². The van der Waals surface area contributed by atoms with Gasteiger partial charge in [0, 0.05) is 17.1 Å². The summed E-state index contributed by atoms with van der Waals surface area (Å²) in [5, 5.41) is 0. The molecule has 0 aromatic heterocycles. The third-order valence-corrected chi connectivity index (χ3v) is 5.28. The van der Waals surface area contributed by atoms with Gasteiger partial charge in [0.05, 0.1) is 12.0 Å². The van der Waals surface area contributed by atoms with Gasteiger partial charge < -0.3 is 4.74 Å². The number of ether oxygens (including phenoxy) is 1. The molecule has 130 valence electrons. The number of piperidine rings is 1. The van der Waals surface area contributed by atoms with Crippen molar-refractivity contribution in [1.29, 1.82) is 0 Å². The SMILES string of the molecule is CCC(C)(C)C(=O)OCC1CC(C)(C)N(C(C)C)C(C)(C)C1. The van der Waals surface area contributed by atoms with Crippen molar-refractivity contribution in [2.24, 2.45) is 11.3 Å². The first-order chi connectivity index (χ1) is 9.83. The van der Waals surface area contributed by atoms with E-state index in [0.717, 1.165) is 19.3 Å². The second-order valence-electron chi connectivity index (χ2n) is 9.20. The second-order valence-corrected chi connectivity index (χ2v) is 9.20. The number of hydrogen-bond acceptors (Lipinski definition) is 3. The molecular weight excluding hydrogens is 274 g/mol. The first-order valence-electron chi connectivity index (χ1n) is 8.80. The summed E-state index contributed by atoms with van der Waals surface area (Å²) in [6, 6.07) is 0.521. The van der Waals surface area contributed by atoms with E-state index in [9.17, 15) is 4.79 Å². The van der Waals surface area contributed by atoms with Crippen LogP contribution in [0.4, 0.5) is 0 Å². The van der Waals surface area contributed by atoms with Gasteiger partial charge >= 0.3 is 5.97 Å². The summed E-state index contributed by atoms with van der Waals surface area (Å²) < 4.78 is 5.66. The van der Waals surface area contributed by atoms with Crippen LogP contribution in [0.3, 0.4) is 0 Å². The van der Waals surface area contributed by atoms with Crippen molar-refractivity contribution in [3.63, 3.8) is 0 Å². The molecule has 3 nitrogen and oxygen atoms in total. The highest BCUT2D eigenvalue weighted by molar-refractivity contribution is 5.75. The molecule has 0 unspecified atom stereocenters. The van der Waals surface area contributed by atoms with Gasteiger partial charge in [0.25, 0.3) is 0 Å². The third-order valence-electron chi connectivity index (χ3n) is 5.28. The van der Waals surface area contributed by atoms with Crippen LogP contribution in [0.25, 0.3) is 0 Å². The summed E-state index contributed by atoms with van der Waals surface area (Å²) in [6.45, 7) is 20.3. The molecule has 0 spiro atoms. The summed E-state index contributed by atoms with van der Waals surface area (Å²) in [5.41, 5.74) is -0.107. The van der Waals surface area contributed by atoms with Gasteiger partial charge in [-0.25, -0.2) is 0 Å². The predicted molar refractivity (Wildman–Crippen MR) is 92.9 cm³/mol. The molecule has 0 N–H and O–H groups in total. The Morgan fingerprint density at radius 2 is 1.64 bits per heavy atom. The molecule has 1 heterocycles. The molecule has 1 aliphatic rings. The number of rotatable bonds is 5. The van der Waals surface area contributed by atoms with E-state index in [0.29, 0.717) is 18.6 Å². The van der Waals surface area contributed by atoms with E-state index < -0.39 is 0 Å². The zero-order valence-electron chi connectivity index (χ0n) is 16.2. The Morgan fingerprint density at radius 1 is 1.18 bits per heavy atom. The molecule has 0 aromatic rings. The molecule has 0 atom stereocenters. The molecule has 22 heavy (non-hydrogen) atoms. The van der Waals surface area contributed by atoms with E-state index in [1.54, 1.807) is 0 Å². The van der Waals surface area contributed by atoms with E-state index >= 15 is 0 Å². The summed E-state index contributed by atoms with van der Waals surface area (Å²) in [6.07, 6.45) is 2.97. The van der Waals surface area contributed by atoms with Crippen LogP contribution < -0.4 is 0 Å².